The molecule has 0 amide bonds. The van der Waals surface area contributed by atoms with Crippen LogP contribution in [0.4, 0.5) is 0 Å². The maximum atomic E-state index is 9.57. The van der Waals surface area contributed by atoms with Crippen molar-refractivity contribution in [3.8, 4) is 0 Å². The van der Waals surface area contributed by atoms with E-state index in [0.29, 0.717) is 24.7 Å². The van der Waals surface area contributed by atoms with Gasteiger partial charge in [0.1, 0.15) is 0 Å². The van der Waals surface area contributed by atoms with E-state index in [-0.39, 0.29) is 12.1 Å². The van der Waals surface area contributed by atoms with Crippen LogP contribution in [0.5, 0.6) is 0 Å². The molecule has 1 aliphatic carbocycles. The third kappa shape index (κ3) is 2.16. The number of allylic oxidation sites excluding steroid dienone is 1. The molecule has 1 unspecified atom stereocenters. The minimum absolute atomic E-state index is 0.110. The second-order valence-corrected chi connectivity index (χ2v) is 5.04. The van der Waals surface area contributed by atoms with Crippen molar-refractivity contribution >= 4 is 0 Å². The topological polar surface area (TPSA) is 41.5 Å². The summed E-state index contributed by atoms with van der Waals surface area (Å²) < 4.78 is 5.20. The zero-order chi connectivity index (χ0) is 10.2. The Labute approximate surface area is 85.1 Å². The summed E-state index contributed by atoms with van der Waals surface area (Å²) in [5, 5.41) is 13.0. The van der Waals surface area contributed by atoms with Crippen molar-refractivity contribution in [2.45, 2.75) is 38.5 Å². The zero-order valence-electron chi connectivity index (χ0n) is 8.86. The highest BCUT2D eigenvalue weighted by atomic mass is 16.5. The van der Waals surface area contributed by atoms with Gasteiger partial charge in [-0.1, -0.05) is 26.0 Å². The minimum Gasteiger partial charge on any atom is -0.389 e. The molecule has 1 heterocycles. The van der Waals surface area contributed by atoms with E-state index in [1.165, 1.54) is 0 Å². The first-order valence-electron chi connectivity index (χ1n) is 5.28. The first-order chi connectivity index (χ1) is 6.57. The molecule has 3 nitrogen and oxygen atoms in total. The van der Waals surface area contributed by atoms with E-state index in [0.717, 1.165) is 6.42 Å². The number of ether oxygens (including phenoxy) is 1. The molecule has 80 valence electrons. The summed E-state index contributed by atoms with van der Waals surface area (Å²) in [5.41, 5.74) is 0.294. The Balaban J connectivity index is 1.85. The molecule has 0 aromatic rings. The van der Waals surface area contributed by atoms with Gasteiger partial charge in [0.15, 0.2) is 0 Å². The predicted molar refractivity (Wildman–Crippen MR) is 55.1 cm³/mol. The lowest BCUT2D eigenvalue weighted by molar-refractivity contribution is 0.121. The molecule has 2 rings (SSSR count). The van der Waals surface area contributed by atoms with E-state index in [1.807, 2.05) is 0 Å². The standard InChI is InChI=1S/C11H19NO2/c1-11(2)4-3-8(5-11)12-9-6-14-7-10(9)13/h3-4,8-10,12-13H,5-7H2,1-2H3/t8?,9-,10-/m1/s1. The number of hydrogen-bond acceptors (Lipinski definition) is 3. The maximum absolute atomic E-state index is 9.57. The number of aliphatic hydroxyl groups is 1. The Hall–Kier alpha value is -0.380. The molecular formula is C11H19NO2. The lowest BCUT2D eigenvalue weighted by Gasteiger charge is -2.22. The molecule has 2 aliphatic rings. The molecular weight excluding hydrogens is 178 g/mol. The van der Waals surface area contributed by atoms with E-state index < -0.39 is 0 Å². The van der Waals surface area contributed by atoms with E-state index in [4.69, 9.17) is 4.74 Å². The summed E-state index contributed by atoms with van der Waals surface area (Å²) in [5.74, 6) is 0. The molecule has 3 heteroatoms. The van der Waals surface area contributed by atoms with E-state index >= 15 is 0 Å². The van der Waals surface area contributed by atoms with Gasteiger partial charge in [0.25, 0.3) is 0 Å². The first-order valence-corrected chi connectivity index (χ1v) is 5.28. The summed E-state index contributed by atoms with van der Waals surface area (Å²) >= 11 is 0. The van der Waals surface area contributed by atoms with Crippen molar-refractivity contribution in [2.75, 3.05) is 13.2 Å². The van der Waals surface area contributed by atoms with Gasteiger partial charge in [0.2, 0.25) is 0 Å². The zero-order valence-corrected chi connectivity index (χ0v) is 8.86. The molecule has 2 N–H and O–H groups in total. The Bertz CT molecular complexity index is 237. The molecule has 0 radical (unpaired) electrons. The monoisotopic (exact) mass is 197 g/mol. The van der Waals surface area contributed by atoms with Crippen LogP contribution in [0.2, 0.25) is 0 Å². The Morgan fingerprint density at radius 2 is 2.21 bits per heavy atom. The van der Waals surface area contributed by atoms with Crippen molar-refractivity contribution < 1.29 is 9.84 Å². The number of rotatable bonds is 2. The molecule has 14 heavy (non-hydrogen) atoms. The lowest BCUT2D eigenvalue weighted by atomic mass is 9.92. The van der Waals surface area contributed by atoms with E-state index in [9.17, 15) is 5.11 Å². The summed E-state index contributed by atoms with van der Waals surface area (Å²) in [4.78, 5) is 0. The van der Waals surface area contributed by atoms with Crippen LogP contribution in [-0.4, -0.2) is 36.5 Å². The SMILES string of the molecule is CC1(C)C=CC(N[C@@H]2COC[C@H]2O)C1. The van der Waals surface area contributed by atoms with Gasteiger partial charge >= 0.3 is 0 Å². The second-order valence-electron chi connectivity index (χ2n) is 5.04. The third-order valence-electron chi connectivity index (χ3n) is 3.00. The first kappa shape index (κ1) is 10.1. The molecule has 1 saturated heterocycles. The van der Waals surface area contributed by atoms with Crippen molar-refractivity contribution in [1.29, 1.82) is 0 Å². The highest BCUT2D eigenvalue weighted by Gasteiger charge is 2.31. The van der Waals surface area contributed by atoms with Gasteiger partial charge < -0.3 is 15.2 Å². The van der Waals surface area contributed by atoms with Gasteiger partial charge in [-0.15, -0.1) is 0 Å². The molecule has 0 saturated carbocycles. The Morgan fingerprint density at radius 1 is 1.43 bits per heavy atom. The summed E-state index contributed by atoms with van der Waals surface area (Å²) in [6.45, 7) is 5.56. The fraction of sp³-hybridized carbons (Fsp3) is 0.818. The van der Waals surface area contributed by atoms with Crippen molar-refractivity contribution in [1.82, 2.24) is 5.32 Å². The predicted octanol–water partition coefficient (Wildman–Crippen LogP) is 0.690. The molecule has 1 aliphatic heterocycles. The van der Waals surface area contributed by atoms with Crippen LogP contribution in [0.3, 0.4) is 0 Å². The van der Waals surface area contributed by atoms with Crippen LogP contribution in [0.1, 0.15) is 20.3 Å². The van der Waals surface area contributed by atoms with Gasteiger partial charge in [0, 0.05) is 6.04 Å². The van der Waals surface area contributed by atoms with E-state index in [1.54, 1.807) is 0 Å². The summed E-state index contributed by atoms with van der Waals surface area (Å²) in [6, 6.07) is 0.505. The summed E-state index contributed by atoms with van der Waals surface area (Å²) in [6.07, 6.45) is 5.21. The molecule has 0 aromatic heterocycles. The number of nitrogens with one attached hydrogen (secondary N) is 1. The van der Waals surface area contributed by atoms with Crippen LogP contribution >= 0.6 is 0 Å². The van der Waals surface area contributed by atoms with E-state index in [2.05, 4.69) is 31.3 Å². The molecule has 0 aromatic carbocycles. The van der Waals surface area contributed by atoms with Gasteiger partial charge in [-0.3, -0.25) is 0 Å². The smallest absolute Gasteiger partial charge is 0.0948 e. The van der Waals surface area contributed by atoms with Crippen LogP contribution in [0, 0.1) is 5.41 Å². The van der Waals surface area contributed by atoms with Crippen LogP contribution in [0.25, 0.3) is 0 Å². The van der Waals surface area contributed by atoms with Crippen molar-refractivity contribution in [2.24, 2.45) is 5.41 Å². The van der Waals surface area contributed by atoms with Gasteiger partial charge in [-0.25, -0.2) is 0 Å². The minimum atomic E-state index is -0.341. The molecule has 1 fully saturated rings. The normalized spacial score (nSPS) is 40.6. The molecule has 0 spiro atoms. The van der Waals surface area contributed by atoms with Gasteiger partial charge in [-0.2, -0.15) is 0 Å². The quantitative estimate of drug-likeness (QED) is 0.640. The average molecular weight is 197 g/mol. The second kappa shape index (κ2) is 3.65. The average Bonchev–Trinajstić information content (AvgIpc) is 2.61. The Morgan fingerprint density at radius 3 is 2.71 bits per heavy atom. The largest absolute Gasteiger partial charge is 0.389 e. The maximum Gasteiger partial charge on any atom is 0.0948 e. The van der Waals surface area contributed by atoms with Crippen molar-refractivity contribution in [3.63, 3.8) is 0 Å². The van der Waals surface area contributed by atoms with Crippen LogP contribution in [-0.2, 0) is 4.74 Å². The lowest BCUT2D eigenvalue weighted by Crippen LogP contribution is -2.44. The highest BCUT2D eigenvalue weighted by Crippen LogP contribution is 2.30. The fourth-order valence-electron chi connectivity index (χ4n) is 2.17. The van der Waals surface area contributed by atoms with Gasteiger partial charge in [0.05, 0.1) is 25.4 Å². The highest BCUT2D eigenvalue weighted by molar-refractivity contribution is 5.11. The molecule has 0 bridgehead atoms. The van der Waals surface area contributed by atoms with Gasteiger partial charge in [-0.05, 0) is 11.8 Å². The van der Waals surface area contributed by atoms with Crippen LogP contribution < -0.4 is 5.32 Å². The number of hydrogen-bond donors (Lipinski definition) is 2. The van der Waals surface area contributed by atoms with Crippen LogP contribution in [0.15, 0.2) is 12.2 Å². The number of aliphatic hydroxyl groups excluding tert-OH is 1. The fourth-order valence-corrected chi connectivity index (χ4v) is 2.17. The molecule has 3 atom stereocenters. The third-order valence-corrected chi connectivity index (χ3v) is 3.00. The van der Waals surface area contributed by atoms with Crippen molar-refractivity contribution in [3.05, 3.63) is 12.2 Å². The summed E-state index contributed by atoms with van der Waals surface area (Å²) in [7, 11) is 0. The Kier molecular flexibility index (Phi) is 2.64.